The van der Waals surface area contributed by atoms with Gasteiger partial charge in [-0.1, -0.05) is 50.2 Å². The topological polar surface area (TPSA) is 132 Å². The molecule has 0 spiro atoms. The van der Waals surface area contributed by atoms with Crippen LogP contribution in [0, 0.1) is 12.8 Å². The lowest BCUT2D eigenvalue weighted by Crippen LogP contribution is -2.44. The van der Waals surface area contributed by atoms with E-state index in [2.05, 4.69) is 10.0 Å². The van der Waals surface area contributed by atoms with Crippen molar-refractivity contribution in [2.45, 2.75) is 38.6 Å². The van der Waals surface area contributed by atoms with Crippen LogP contribution in [-0.4, -0.2) is 39.2 Å². The molecule has 4 aromatic rings. The van der Waals surface area contributed by atoms with Crippen LogP contribution < -0.4 is 10.0 Å². The average Bonchev–Trinajstić information content (AvgIpc) is 3.28. The van der Waals surface area contributed by atoms with Gasteiger partial charge in [-0.25, -0.2) is 8.42 Å². The second-order valence-corrected chi connectivity index (χ2v) is 11.4. The van der Waals surface area contributed by atoms with Crippen LogP contribution >= 0.6 is 0 Å². The summed E-state index contributed by atoms with van der Waals surface area (Å²) in [6.45, 7) is 6.66. The third kappa shape index (κ3) is 5.83. The van der Waals surface area contributed by atoms with Gasteiger partial charge in [0.25, 0.3) is 5.91 Å². The fraction of sp³-hybridized carbons (Fsp3) is 0.233. The molecule has 10 heteroatoms. The monoisotopic (exact) mass is 562 g/mol. The minimum Gasteiger partial charge on any atom is -0.468 e. The van der Waals surface area contributed by atoms with Gasteiger partial charge in [0, 0.05) is 22.2 Å². The predicted molar refractivity (Wildman–Crippen MR) is 152 cm³/mol. The number of esters is 1. The molecule has 1 aromatic heterocycles. The highest BCUT2D eigenvalue weighted by Crippen LogP contribution is 2.30. The van der Waals surface area contributed by atoms with Crippen LogP contribution in [0.4, 0.5) is 5.69 Å². The van der Waals surface area contributed by atoms with Crippen molar-refractivity contribution in [1.29, 1.82) is 0 Å². The summed E-state index contributed by atoms with van der Waals surface area (Å²) < 4.78 is 38.6. The molecule has 0 aliphatic carbocycles. The molecule has 3 aromatic carbocycles. The molecule has 40 heavy (non-hydrogen) atoms. The Morgan fingerprint density at radius 2 is 1.50 bits per heavy atom. The lowest BCUT2D eigenvalue weighted by Gasteiger charge is -2.19. The summed E-state index contributed by atoms with van der Waals surface area (Å²) in [5.74, 6) is -1.37. The van der Waals surface area contributed by atoms with E-state index in [1.807, 2.05) is 0 Å². The number of aryl methyl sites for hydroxylation is 1. The minimum atomic E-state index is -3.95. The van der Waals surface area contributed by atoms with E-state index in [1.165, 1.54) is 26.2 Å². The Morgan fingerprint density at radius 1 is 0.900 bits per heavy atom. The first-order valence-corrected chi connectivity index (χ1v) is 14.1. The van der Waals surface area contributed by atoms with Crippen LogP contribution in [-0.2, 0) is 19.6 Å². The number of benzene rings is 3. The summed E-state index contributed by atoms with van der Waals surface area (Å²) in [5, 5.41) is 3.44. The number of anilines is 1. The smallest absolute Gasteiger partial charge is 0.324 e. The van der Waals surface area contributed by atoms with E-state index in [1.54, 1.807) is 75.4 Å². The molecule has 208 valence electrons. The third-order valence-corrected chi connectivity index (χ3v) is 8.04. The molecule has 1 amide bonds. The molecule has 1 heterocycles. The summed E-state index contributed by atoms with van der Waals surface area (Å²) >= 11 is 0. The molecule has 9 nitrogen and oxygen atoms in total. The maximum atomic E-state index is 13.0. The van der Waals surface area contributed by atoms with Gasteiger partial charge in [-0.3, -0.25) is 14.4 Å². The number of fused-ring (bicyclic) bond motifs is 1. The van der Waals surface area contributed by atoms with Crippen LogP contribution in [0.15, 0.2) is 76.0 Å². The second kappa shape index (κ2) is 11.4. The van der Waals surface area contributed by atoms with Crippen molar-refractivity contribution >= 4 is 44.3 Å². The normalized spacial score (nSPS) is 12.3. The number of hydrogen-bond acceptors (Lipinski definition) is 7. The van der Waals surface area contributed by atoms with Crippen molar-refractivity contribution in [2.75, 3.05) is 12.4 Å². The summed E-state index contributed by atoms with van der Waals surface area (Å²) in [6.07, 6.45) is 0. The number of carbonyl (C=O) groups excluding carboxylic acids is 3. The number of rotatable bonds is 9. The Bertz CT molecular complexity index is 1690. The molecule has 0 saturated carbocycles. The van der Waals surface area contributed by atoms with Gasteiger partial charge < -0.3 is 14.5 Å². The maximum absolute atomic E-state index is 13.0. The minimum absolute atomic E-state index is 0.0174. The first-order chi connectivity index (χ1) is 18.9. The Morgan fingerprint density at radius 3 is 2.05 bits per heavy atom. The molecule has 0 bridgehead atoms. The van der Waals surface area contributed by atoms with Gasteiger partial charge in [-0.05, 0) is 61.2 Å². The fourth-order valence-corrected chi connectivity index (χ4v) is 5.73. The molecule has 0 aliphatic heterocycles. The van der Waals surface area contributed by atoms with Crippen molar-refractivity contribution < 1.29 is 32.0 Å². The Kier molecular flexibility index (Phi) is 8.22. The molecule has 0 radical (unpaired) electrons. The summed E-state index contributed by atoms with van der Waals surface area (Å²) in [4.78, 5) is 37.0. The van der Waals surface area contributed by atoms with Gasteiger partial charge >= 0.3 is 5.97 Å². The number of ketones is 1. The Balaban J connectivity index is 1.49. The molecule has 2 N–H and O–H groups in total. The lowest BCUT2D eigenvalue weighted by molar-refractivity contribution is -0.143. The molecule has 4 rings (SSSR count). The SMILES string of the molecule is COC(=O)[C@@H](NS(=O)(=O)c1ccc(-c2ccc(NC(=O)c3oc4cccc(C(C)=O)c4c3C)cc2)cc1)C(C)C. The quantitative estimate of drug-likeness (QED) is 0.208. The third-order valence-electron chi connectivity index (χ3n) is 6.58. The second-order valence-electron chi connectivity index (χ2n) is 9.71. The van der Waals surface area contributed by atoms with E-state index in [4.69, 9.17) is 9.15 Å². The van der Waals surface area contributed by atoms with Crippen molar-refractivity contribution in [3.63, 3.8) is 0 Å². The molecular formula is C30H30N2O7S. The predicted octanol–water partition coefficient (Wildman–Crippen LogP) is 5.34. The van der Waals surface area contributed by atoms with Crippen molar-refractivity contribution in [3.05, 3.63) is 83.6 Å². The number of nitrogens with one attached hydrogen (secondary N) is 2. The lowest BCUT2D eigenvalue weighted by atomic mass is 10.0. The van der Waals surface area contributed by atoms with Gasteiger partial charge in [0.2, 0.25) is 10.0 Å². The summed E-state index contributed by atoms with van der Waals surface area (Å²) in [7, 11) is -2.74. The summed E-state index contributed by atoms with van der Waals surface area (Å²) in [5.41, 5.74) is 3.65. The Hall–Kier alpha value is -4.28. The first kappa shape index (κ1) is 28.7. The van der Waals surface area contributed by atoms with E-state index in [-0.39, 0.29) is 22.4 Å². The molecule has 0 unspecified atom stereocenters. The summed E-state index contributed by atoms with van der Waals surface area (Å²) in [6, 6.07) is 17.4. The van der Waals surface area contributed by atoms with Crippen LogP contribution in [0.2, 0.25) is 0 Å². The first-order valence-electron chi connectivity index (χ1n) is 12.6. The molecule has 1 atom stereocenters. The van der Waals surface area contributed by atoms with Crippen LogP contribution in [0.5, 0.6) is 0 Å². The Labute approximate surface area is 232 Å². The molecular weight excluding hydrogens is 532 g/mol. The number of Topliss-reactive ketones (excluding diaryl/α,β-unsaturated/α-hetero) is 1. The van der Waals surface area contributed by atoms with E-state index in [9.17, 15) is 22.8 Å². The van der Waals surface area contributed by atoms with E-state index >= 15 is 0 Å². The van der Waals surface area contributed by atoms with Crippen LogP contribution in [0.1, 0.15) is 47.2 Å². The zero-order valence-corrected chi connectivity index (χ0v) is 23.6. The fourth-order valence-electron chi connectivity index (χ4n) is 4.39. The van der Waals surface area contributed by atoms with Gasteiger partial charge in [0.05, 0.1) is 12.0 Å². The number of ether oxygens (including phenoxy) is 1. The largest absolute Gasteiger partial charge is 0.468 e. The van der Waals surface area contributed by atoms with E-state index in [0.29, 0.717) is 27.8 Å². The number of sulfonamides is 1. The van der Waals surface area contributed by atoms with Crippen molar-refractivity contribution in [2.24, 2.45) is 5.92 Å². The number of carbonyl (C=O) groups is 3. The maximum Gasteiger partial charge on any atom is 0.324 e. The standard InChI is InChI=1S/C30H30N2O7S/c1-17(2)27(30(35)38-5)32-40(36,37)23-15-11-21(12-16-23)20-9-13-22(14-10-20)31-29(34)28-18(3)26-24(19(4)33)7-6-8-25(26)39-28/h6-17,27,32H,1-5H3,(H,31,34)/t27-/m0/s1. The van der Waals surface area contributed by atoms with Crippen LogP contribution in [0.3, 0.4) is 0 Å². The highest BCUT2D eigenvalue weighted by molar-refractivity contribution is 7.89. The van der Waals surface area contributed by atoms with Gasteiger partial charge in [0.15, 0.2) is 11.5 Å². The number of furan rings is 1. The number of hydrogen-bond donors (Lipinski definition) is 2. The highest BCUT2D eigenvalue weighted by atomic mass is 32.2. The highest BCUT2D eigenvalue weighted by Gasteiger charge is 2.29. The molecule has 0 saturated heterocycles. The van der Waals surface area contributed by atoms with Gasteiger partial charge in [-0.15, -0.1) is 0 Å². The average molecular weight is 563 g/mol. The van der Waals surface area contributed by atoms with E-state index < -0.39 is 27.9 Å². The van der Waals surface area contributed by atoms with E-state index in [0.717, 1.165) is 11.1 Å². The zero-order valence-electron chi connectivity index (χ0n) is 22.8. The number of methoxy groups -OCH3 is 1. The van der Waals surface area contributed by atoms with Gasteiger partial charge in [0.1, 0.15) is 11.6 Å². The molecule has 0 aliphatic rings. The van der Waals surface area contributed by atoms with Crippen molar-refractivity contribution in [1.82, 2.24) is 4.72 Å². The number of amides is 1. The van der Waals surface area contributed by atoms with Crippen molar-refractivity contribution in [3.8, 4) is 11.1 Å². The molecule has 0 fully saturated rings. The van der Waals surface area contributed by atoms with Gasteiger partial charge in [-0.2, -0.15) is 4.72 Å². The van der Waals surface area contributed by atoms with Crippen LogP contribution in [0.25, 0.3) is 22.1 Å². The zero-order chi connectivity index (χ0) is 29.2.